The van der Waals surface area contributed by atoms with Crippen molar-refractivity contribution >= 4 is 29.4 Å². The molecule has 0 saturated heterocycles. The Morgan fingerprint density at radius 3 is 2.35 bits per heavy atom. The molecular formula is C26H31N3O5. The normalized spacial score (nSPS) is 14.5. The van der Waals surface area contributed by atoms with Crippen LogP contribution in [-0.4, -0.2) is 36.8 Å². The van der Waals surface area contributed by atoms with E-state index in [2.05, 4.69) is 16.0 Å². The minimum atomic E-state index is -0.693. The summed E-state index contributed by atoms with van der Waals surface area (Å²) < 4.78 is 4.97. The van der Waals surface area contributed by atoms with E-state index >= 15 is 0 Å². The maximum Gasteiger partial charge on any atom is 0.325 e. The summed E-state index contributed by atoms with van der Waals surface area (Å²) in [5.41, 5.74) is 1.57. The highest BCUT2D eigenvalue weighted by atomic mass is 16.5. The highest BCUT2D eigenvalue weighted by molar-refractivity contribution is 6.04. The second-order valence-corrected chi connectivity index (χ2v) is 8.41. The molecule has 34 heavy (non-hydrogen) atoms. The molecule has 8 heteroatoms. The molecule has 1 unspecified atom stereocenters. The molecular weight excluding hydrogens is 434 g/mol. The van der Waals surface area contributed by atoms with Crippen molar-refractivity contribution in [2.24, 2.45) is 5.92 Å². The van der Waals surface area contributed by atoms with Gasteiger partial charge in [0, 0.05) is 5.92 Å². The highest BCUT2D eigenvalue weighted by Gasteiger charge is 2.22. The molecule has 3 rings (SSSR count). The van der Waals surface area contributed by atoms with Gasteiger partial charge in [0.2, 0.25) is 5.91 Å². The van der Waals surface area contributed by atoms with E-state index in [4.69, 9.17) is 4.74 Å². The van der Waals surface area contributed by atoms with E-state index < -0.39 is 18.5 Å². The molecule has 0 radical (unpaired) electrons. The molecule has 0 heterocycles. The number of hydrogen-bond acceptors (Lipinski definition) is 5. The Morgan fingerprint density at radius 2 is 1.62 bits per heavy atom. The molecule has 180 valence electrons. The second-order valence-electron chi connectivity index (χ2n) is 8.41. The van der Waals surface area contributed by atoms with E-state index in [1.165, 1.54) is 0 Å². The monoisotopic (exact) mass is 465 g/mol. The first-order valence-corrected chi connectivity index (χ1v) is 11.6. The largest absolute Gasteiger partial charge is 0.454 e. The fraction of sp³-hybridized carbons (Fsp3) is 0.385. The van der Waals surface area contributed by atoms with E-state index in [-0.39, 0.29) is 30.3 Å². The van der Waals surface area contributed by atoms with Crippen molar-refractivity contribution in [1.82, 2.24) is 10.6 Å². The van der Waals surface area contributed by atoms with Crippen LogP contribution >= 0.6 is 0 Å². The topological polar surface area (TPSA) is 114 Å². The smallest absolute Gasteiger partial charge is 0.325 e. The van der Waals surface area contributed by atoms with Crippen LogP contribution in [0.25, 0.3) is 0 Å². The molecule has 1 aliphatic rings. The Labute approximate surface area is 199 Å². The Bertz CT molecular complexity index is 1000. The van der Waals surface area contributed by atoms with Crippen LogP contribution in [0.2, 0.25) is 0 Å². The molecule has 1 atom stereocenters. The van der Waals surface area contributed by atoms with Crippen molar-refractivity contribution in [2.45, 2.75) is 45.1 Å². The van der Waals surface area contributed by atoms with Gasteiger partial charge in [-0.05, 0) is 37.5 Å². The first-order chi connectivity index (χ1) is 16.4. The van der Waals surface area contributed by atoms with Crippen LogP contribution in [0, 0.1) is 5.92 Å². The molecule has 0 bridgehead atoms. The van der Waals surface area contributed by atoms with Gasteiger partial charge in [-0.2, -0.15) is 0 Å². The zero-order valence-electron chi connectivity index (χ0n) is 19.3. The molecule has 0 spiro atoms. The number of hydrogen-bond donors (Lipinski definition) is 3. The van der Waals surface area contributed by atoms with Gasteiger partial charge in [0.1, 0.15) is 6.54 Å². The molecule has 0 aliphatic heterocycles. The van der Waals surface area contributed by atoms with Crippen molar-refractivity contribution in [2.75, 3.05) is 18.5 Å². The van der Waals surface area contributed by atoms with Gasteiger partial charge in [0.25, 0.3) is 11.8 Å². The average molecular weight is 466 g/mol. The van der Waals surface area contributed by atoms with Crippen LogP contribution in [-0.2, 0) is 19.1 Å². The third-order valence-corrected chi connectivity index (χ3v) is 5.84. The number of benzene rings is 2. The van der Waals surface area contributed by atoms with E-state index in [9.17, 15) is 19.2 Å². The summed E-state index contributed by atoms with van der Waals surface area (Å²) in [6, 6.07) is 15.9. The van der Waals surface area contributed by atoms with Gasteiger partial charge in [0.15, 0.2) is 6.61 Å². The van der Waals surface area contributed by atoms with Gasteiger partial charge < -0.3 is 20.7 Å². The number of anilines is 1. The van der Waals surface area contributed by atoms with Gasteiger partial charge >= 0.3 is 5.97 Å². The number of carbonyl (C=O) groups is 4. The fourth-order valence-electron chi connectivity index (χ4n) is 3.94. The molecule has 3 amide bonds. The Balaban J connectivity index is 1.47. The van der Waals surface area contributed by atoms with Crippen LogP contribution in [0.4, 0.5) is 5.69 Å². The lowest BCUT2D eigenvalue weighted by atomic mass is 9.89. The van der Waals surface area contributed by atoms with Crippen molar-refractivity contribution < 1.29 is 23.9 Å². The molecule has 2 aromatic carbocycles. The third kappa shape index (κ3) is 7.43. The maximum atomic E-state index is 12.8. The molecule has 8 nitrogen and oxygen atoms in total. The molecule has 2 aromatic rings. The van der Waals surface area contributed by atoms with Gasteiger partial charge in [-0.15, -0.1) is 0 Å². The fourth-order valence-corrected chi connectivity index (χ4v) is 3.94. The summed E-state index contributed by atoms with van der Waals surface area (Å²) in [6.07, 6.45) is 4.85. The Morgan fingerprint density at radius 1 is 0.941 bits per heavy atom. The van der Waals surface area contributed by atoms with E-state index in [0.29, 0.717) is 11.3 Å². The third-order valence-electron chi connectivity index (χ3n) is 5.84. The predicted molar refractivity (Wildman–Crippen MR) is 128 cm³/mol. The second kappa shape index (κ2) is 12.5. The highest BCUT2D eigenvalue weighted by Crippen LogP contribution is 2.23. The Kier molecular flexibility index (Phi) is 9.20. The summed E-state index contributed by atoms with van der Waals surface area (Å²) in [4.78, 5) is 49.2. The quantitative estimate of drug-likeness (QED) is 0.492. The van der Waals surface area contributed by atoms with Crippen LogP contribution in [0.15, 0.2) is 54.6 Å². The van der Waals surface area contributed by atoms with Crippen molar-refractivity contribution in [3.05, 3.63) is 65.7 Å². The SMILES string of the molecule is CC(NC(=O)c1ccccc1NC(=O)COC(=O)CNC(=O)C1CCCCC1)c1ccccc1. The molecule has 3 N–H and O–H groups in total. The molecule has 0 aromatic heterocycles. The van der Waals surface area contributed by atoms with Crippen molar-refractivity contribution in [3.63, 3.8) is 0 Å². The van der Waals surface area contributed by atoms with Gasteiger partial charge in [0.05, 0.1) is 17.3 Å². The lowest BCUT2D eigenvalue weighted by Crippen LogP contribution is -2.36. The minimum Gasteiger partial charge on any atom is -0.454 e. The van der Waals surface area contributed by atoms with Gasteiger partial charge in [-0.25, -0.2) is 0 Å². The van der Waals surface area contributed by atoms with Crippen LogP contribution < -0.4 is 16.0 Å². The van der Waals surface area contributed by atoms with E-state index in [0.717, 1.165) is 37.7 Å². The van der Waals surface area contributed by atoms with E-state index in [1.54, 1.807) is 24.3 Å². The number of ether oxygens (including phenoxy) is 1. The first-order valence-electron chi connectivity index (χ1n) is 11.6. The number of rotatable bonds is 9. The molecule has 1 aliphatic carbocycles. The number of nitrogens with one attached hydrogen (secondary N) is 3. The van der Waals surface area contributed by atoms with E-state index in [1.807, 2.05) is 37.3 Å². The summed E-state index contributed by atoms with van der Waals surface area (Å²) in [7, 11) is 0. The minimum absolute atomic E-state index is 0.0582. The lowest BCUT2D eigenvalue weighted by molar-refractivity contribution is -0.147. The molecule has 1 fully saturated rings. The Hall–Kier alpha value is -3.68. The number of para-hydroxylation sites is 1. The number of amides is 3. The average Bonchev–Trinajstić information content (AvgIpc) is 2.87. The summed E-state index contributed by atoms with van der Waals surface area (Å²) in [5, 5.41) is 8.11. The molecule has 1 saturated carbocycles. The summed E-state index contributed by atoms with van der Waals surface area (Å²) in [5.74, 6) is -1.82. The van der Waals surface area contributed by atoms with Gasteiger partial charge in [-0.1, -0.05) is 61.7 Å². The van der Waals surface area contributed by atoms with Crippen LogP contribution in [0.5, 0.6) is 0 Å². The maximum absolute atomic E-state index is 12.8. The van der Waals surface area contributed by atoms with Crippen molar-refractivity contribution in [3.8, 4) is 0 Å². The van der Waals surface area contributed by atoms with Crippen LogP contribution in [0.3, 0.4) is 0 Å². The number of esters is 1. The zero-order valence-corrected chi connectivity index (χ0v) is 19.3. The predicted octanol–water partition coefficient (Wildman–Crippen LogP) is 3.36. The standard InChI is InChI=1S/C26H31N3O5/c1-18(19-10-4-2-5-11-19)28-26(33)21-14-8-9-15-22(21)29-23(30)17-34-24(31)16-27-25(32)20-12-6-3-7-13-20/h2,4-5,8-11,14-15,18,20H,3,6-7,12-13,16-17H2,1H3,(H,27,32)(H,28,33)(H,29,30). The van der Waals surface area contributed by atoms with Crippen LogP contribution in [0.1, 0.15) is 61.0 Å². The first kappa shape index (κ1) is 25.0. The van der Waals surface area contributed by atoms with Gasteiger partial charge in [-0.3, -0.25) is 19.2 Å². The summed E-state index contributed by atoms with van der Waals surface area (Å²) >= 11 is 0. The summed E-state index contributed by atoms with van der Waals surface area (Å²) in [6.45, 7) is 1.08. The number of carbonyl (C=O) groups excluding carboxylic acids is 4. The van der Waals surface area contributed by atoms with Crippen molar-refractivity contribution in [1.29, 1.82) is 0 Å². The zero-order chi connectivity index (χ0) is 24.3. The lowest BCUT2D eigenvalue weighted by Gasteiger charge is -2.20.